The molecule has 1 aromatic carbocycles. The molecule has 1 saturated heterocycles. The van der Waals surface area contributed by atoms with Crippen molar-refractivity contribution in [3.05, 3.63) is 35.9 Å². The lowest BCUT2D eigenvalue weighted by atomic mass is 10.1. The summed E-state index contributed by atoms with van der Waals surface area (Å²) in [7, 11) is 4.50. The number of aryl methyl sites for hydroxylation is 1. The summed E-state index contributed by atoms with van der Waals surface area (Å²) in [4.78, 5) is 101. The molecule has 0 spiro atoms. The molecule has 1 aromatic rings. The molecule has 0 radical (unpaired) electrons. The maximum absolute atomic E-state index is 10.7. The number of rotatable bonds is 5. The zero-order valence-corrected chi connectivity index (χ0v) is 61.4. The smallest absolute Gasteiger partial charge is 0.219 e. The Labute approximate surface area is 529 Å². The topological polar surface area (TPSA) is 586 Å². The van der Waals surface area contributed by atoms with Crippen molar-refractivity contribution in [2.75, 3.05) is 34.2 Å². The quantitative estimate of drug-likeness (QED) is 0.130. The molecule has 1 heterocycles. The van der Waals surface area contributed by atoms with Crippen LogP contribution in [0.5, 0.6) is 0 Å². The summed E-state index contributed by atoms with van der Waals surface area (Å²) in [5.41, 5.74) is 14.9. The Hall–Kier alpha value is -5.42. The van der Waals surface area contributed by atoms with Gasteiger partial charge in [-0.3, -0.25) is 4.79 Å². The van der Waals surface area contributed by atoms with E-state index in [1.54, 1.807) is 20.8 Å². The summed E-state index contributed by atoms with van der Waals surface area (Å²) in [5.74, 6) is 4.60. The molecule has 1 fully saturated rings. The minimum atomic E-state index is -0.167. The Balaban J connectivity index is -0.0000000135. The Morgan fingerprint density at radius 1 is 0.388 bits per heavy atom. The molecular formula is C60H162N12O13. The third-order valence-corrected chi connectivity index (χ3v) is 6.32. The molecule has 540 valence electrons. The van der Waals surface area contributed by atoms with Gasteiger partial charge in [-0.25, -0.2) is 0 Å². The van der Waals surface area contributed by atoms with E-state index < -0.39 is 0 Å². The van der Waals surface area contributed by atoms with E-state index >= 15 is 0 Å². The van der Waals surface area contributed by atoms with Crippen molar-refractivity contribution >= 4 is 80.6 Å². The number of carbonyl (C=O) groups excluding carboxylic acids is 12. The maximum Gasteiger partial charge on any atom is 0.219 e. The number of hydrogen-bond acceptors (Lipinski definition) is 24. The van der Waals surface area contributed by atoms with E-state index in [0.29, 0.717) is 0 Å². The van der Waals surface area contributed by atoms with E-state index in [0.717, 1.165) is 49.1 Å². The Morgan fingerprint density at radius 2 is 0.518 bits per heavy atom. The van der Waals surface area contributed by atoms with Gasteiger partial charge in [0.05, 0.1) is 0 Å². The van der Waals surface area contributed by atoms with Crippen molar-refractivity contribution in [1.82, 2.24) is 54.1 Å². The Kier molecular flexibility index (Phi) is 831. The average Bonchev–Trinajstić information content (AvgIpc) is 3.52. The van der Waals surface area contributed by atoms with Crippen LogP contribution in [0.2, 0.25) is 0 Å². The number of piperidine rings is 1. The van der Waals surface area contributed by atoms with Crippen LogP contribution in [0.3, 0.4) is 0 Å². The molecule has 85 heavy (non-hydrogen) atoms. The first-order chi connectivity index (χ1) is 36.8. The molecule has 25 heteroatoms. The summed E-state index contributed by atoms with van der Waals surface area (Å²) >= 11 is 0. The highest BCUT2D eigenvalue weighted by molar-refractivity contribution is 5.73. The number of carbonyl (C=O) groups is 12. The largest absolute Gasteiger partial charge is 0.394 e. The predicted octanol–water partition coefficient (Wildman–Crippen LogP) is 13.6. The highest BCUT2D eigenvalue weighted by Gasteiger charge is 2.11. The van der Waals surface area contributed by atoms with Gasteiger partial charge in [0.1, 0.15) is 74.7 Å². The number of amides is 1. The van der Waals surface area contributed by atoms with Crippen LogP contribution >= 0.6 is 0 Å². The third-order valence-electron chi connectivity index (χ3n) is 6.32. The van der Waals surface area contributed by atoms with Gasteiger partial charge >= 0.3 is 0 Å². The lowest BCUT2D eigenvalue weighted by Gasteiger charge is -2.24. The van der Waals surface area contributed by atoms with Crippen molar-refractivity contribution in [2.24, 2.45) is 46.8 Å². The highest BCUT2D eigenvalue weighted by atomic mass is 16.3. The van der Waals surface area contributed by atoms with E-state index in [1.807, 2.05) is 113 Å². The van der Waals surface area contributed by atoms with E-state index in [2.05, 4.69) is 152 Å². The number of likely N-dealkylation sites (tertiary alicyclic amines) is 1. The molecule has 0 saturated carbocycles. The standard InChI is InChI=1S/C8H10.C7H13NO.4C5H12.C4H10.C3H8O.2C2H6.3CH5N.11CH2O.8H3N/c1-2-8-6-4-3-5-7-8;1-7(9)8-5-3-2-4-6-8;4*1-4-5(2)3;1-4(2)3;1-3(2)4;16*1-2;;;;;;;;/h3-7H,2H2,1H3;2-6H2,1H3;4*5H,4H2,1-3H3;4H,1-3H3;3-4H,1-2H3;2*1-2H3;3*2H2,1H3;11*1H2;8*1H3. The molecular weight excluding hydrogens is 1100 g/mol. The van der Waals surface area contributed by atoms with Gasteiger partial charge in [0, 0.05) is 26.1 Å². The number of nitrogens with zero attached hydrogens (tertiary/aromatic N) is 1. The monoisotopic (exact) mass is 1260 g/mol. The minimum absolute atomic E-state index is 0. The fraction of sp³-hybridized carbons (Fsp3) is 0.700. The molecule has 1 aliphatic heterocycles. The second-order valence-electron chi connectivity index (χ2n) is 14.4. The van der Waals surface area contributed by atoms with Crippen LogP contribution in [-0.2, 0) is 64.0 Å². The first kappa shape index (κ1) is 200. The van der Waals surface area contributed by atoms with E-state index in [-0.39, 0.29) is 61.2 Å². The molecule has 25 nitrogen and oxygen atoms in total. The number of aliphatic hydroxyl groups is 1. The summed E-state index contributed by atoms with van der Waals surface area (Å²) in [6.07, 6.45) is 9.88. The summed E-state index contributed by atoms with van der Waals surface area (Å²) < 4.78 is 0. The van der Waals surface area contributed by atoms with Crippen LogP contribution in [0, 0.1) is 29.6 Å². The van der Waals surface area contributed by atoms with E-state index in [1.165, 1.54) is 71.7 Å². The van der Waals surface area contributed by atoms with Crippen LogP contribution in [0.1, 0.15) is 210 Å². The molecule has 0 atom stereocenters. The van der Waals surface area contributed by atoms with Crippen LogP contribution in [0.4, 0.5) is 0 Å². The van der Waals surface area contributed by atoms with Gasteiger partial charge in [-0.15, -0.1) is 0 Å². The molecule has 0 aromatic heterocycles. The van der Waals surface area contributed by atoms with Gasteiger partial charge in [0.2, 0.25) is 5.91 Å². The fourth-order valence-corrected chi connectivity index (χ4v) is 1.92. The van der Waals surface area contributed by atoms with E-state index in [9.17, 15) is 4.79 Å². The summed E-state index contributed by atoms with van der Waals surface area (Å²) in [6, 6.07) is 10.5. The van der Waals surface area contributed by atoms with E-state index in [4.69, 9.17) is 57.8 Å². The second-order valence-corrected chi connectivity index (χ2v) is 14.4. The van der Waals surface area contributed by atoms with Gasteiger partial charge in [0.15, 0.2) is 0 Å². The van der Waals surface area contributed by atoms with Crippen molar-refractivity contribution in [1.29, 1.82) is 0 Å². The molecule has 0 unspecified atom stereocenters. The summed E-state index contributed by atoms with van der Waals surface area (Å²) in [6.45, 7) is 72.3. The average molecular weight is 1260 g/mol. The Morgan fingerprint density at radius 3 is 0.588 bits per heavy atom. The van der Waals surface area contributed by atoms with Crippen LogP contribution < -0.4 is 66.4 Å². The molecule has 1 amide bonds. The fourth-order valence-electron chi connectivity index (χ4n) is 1.92. The molecule has 1 aliphatic rings. The molecule has 0 bridgehead atoms. The highest BCUT2D eigenvalue weighted by Crippen LogP contribution is 2.07. The SMILES string of the molecule is C=O.C=O.C=O.C=O.C=O.C=O.C=O.C=O.C=O.C=O.C=O.CC.CC.CC(=O)N1CCCCC1.CC(C)C.CC(C)O.CCC(C)C.CCC(C)C.CCC(C)C.CCC(C)C.CCc1ccccc1.CN.CN.CN.N.N.N.N.N.N.N.N. The lowest BCUT2D eigenvalue weighted by Crippen LogP contribution is -2.33. The van der Waals surface area contributed by atoms with Crippen molar-refractivity contribution in [2.45, 2.75) is 217 Å². The predicted molar refractivity (Wildman–Crippen MR) is 382 cm³/mol. The Bertz CT molecular complexity index is 776. The minimum Gasteiger partial charge on any atom is -0.394 e. The van der Waals surface area contributed by atoms with Crippen molar-refractivity contribution in [3.63, 3.8) is 0 Å². The number of benzene rings is 1. The number of nitrogens with two attached hydrogens (primary N) is 3. The van der Waals surface area contributed by atoms with Gasteiger partial charge in [0.25, 0.3) is 0 Å². The van der Waals surface area contributed by atoms with Crippen LogP contribution in [-0.4, -0.2) is 131 Å². The number of aliphatic hydroxyl groups excluding tert-OH is 1. The first-order valence-corrected chi connectivity index (χ1v) is 25.7. The number of hydrogen-bond donors (Lipinski definition) is 12. The zero-order chi connectivity index (χ0) is 68.8. The van der Waals surface area contributed by atoms with Crippen LogP contribution in [0.25, 0.3) is 0 Å². The zero-order valence-electron chi connectivity index (χ0n) is 61.4. The van der Waals surface area contributed by atoms with Gasteiger partial charge in [-0.1, -0.05) is 194 Å². The summed E-state index contributed by atoms with van der Waals surface area (Å²) in [5, 5.41) is 8.06. The third kappa shape index (κ3) is 763. The molecule has 2 rings (SSSR count). The van der Waals surface area contributed by atoms with Crippen molar-refractivity contribution in [3.8, 4) is 0 Å². The molecule has 31 N–H and O–H groups in total. The van der Waals surface area contributed by atoms with Gasteiger partial charge < -0.3 is 129 Å². The molecule has 0 aliphatic carbocycles. The van der Waals surface area contributed by atoms with Gasteiger partial charge in [-0.2, -0.15) is 0 Å². The first-order valence-electron chi connectivity index (χ1n) is 25.7. The second kappa shape index (κ2) is 353. The normalized spacial score (nSPS) is 6.94. The van der Waals surface area contributed by atoms with Gasteiger partial charge in [-0.05, 0) is 95.8 Å². The van der Waals surface area contributed by atoms with Crippen LogP contribution in [0.15, 0.2) is 30.3 Å². The maximum atomic E-state index is 10.7. The lowest BCUT2D eigenvalue weighted by molar-refractivity contribution is -0.129. The van der Waals surface area contributed by atoms with Crippen molar-refractivity contribution < 1.29 is 62.6 Å².